The molecule has 4 heterocycles. The molecule has 8 rings (SSSR count). The summed E-state index contributed by atoms with van der Waals surface area (Å²) in [7, 11) is 0. The zero-order chi connectivity index (χ0) is 41.3. The van der Waals surface area contributed by atoms with E-state index in [0.717, 1.165) is 32.9 Å². The number of fused-ring (bicyclic) bond motifs is 1. The molecule has 14 nitrogen and oxygen atoms in total. The molecule has 296 valence electrons. The topological polar surface area (TPSA) is 219 Å². The number of primary amides is 1. The lowest BCUT2D eigenvalue weighted by Crippen LogP contribution is -2.71. The fraction of sp³-hybridized carbons (Fsp3) is 0.140. The average molecular weight is 826 g/mol. The summed E-state index contributed by atoms with van der Waals surface area (Å²) in [5.74, 6) is -3.81. The third-order valence-corrected chi connectivity index (χ3v) is 12.2. The number of rotatable bonds is 12. The van der Waals surface area contributed by atoms with Crippen molar-refractivity contribution >= 4 is 69.1 Å². The van der Waals surface area contributed by atoms with Gasteiger partial charge in [-0.3, -0.25) is 24.1 Å². The summed E-state index contributed by atoms with van der Waals surface area (Å²) >= 11 is 2.32. The van der Waals surface area contributed by atoms with Crippen LogP contribution in [-0.2, 0) is 29.6 Å². The number of thioether (sulfide) groups is 1. The maximum Gasteiger partial charge on any atom is 0.352 e. The zero-order valence-corrected chi connectivity index (χ0v) is 32.7. The van der Waals surface area contributed by atoms with Crippen molar-refractivity contribution in [1.29, 1.82) is 0 Å². The first-order valence-corrected chi connectivity index (χ1v) is 20.3. The zero-order valence-electron chi connectivity index (χ0n) is 31.0. The van der Waals surface area contributed by atoms with Gasteiger partial charge in [0.1, 0.15) is 22.8 Å². The van der Waals surface area contributed by atoms with E-state index in [1.807, 2.05) is 91.0 Å². The van der Waals surface area contributed by atoms with Crippen molar-refractivity contribution in [3.8, 4) is 0 Å². The van der Waals surface area contributed by atoms with Gasteiger partial charge in [0.05, 0.1) is 0 Å². The molecule has 2 atom stereocenters. The van der Waals surface area contributed by atoms with Crippen molar-refractivity contribution in [1.82, 2.24) is 20.5 Å². The second kappa shape index (κ2) is 16.1. The number of carbonyl (C=O) groups is 5. The Labute approximate surface area is 345 Å². The molecule has 3 aliphatic rings. The van der Waals surface area contributed by atoms with E-state index in [1.54, 1.807) is 17.5 Å². The molecule has 2 fully saturated rings. The number of aromatic nitrogens is 1. The number of hydrogen-bond donors (Lipinski definition) is 5. The highest BCUT2D eigenvalue weighted by molar-refractivity contribution is 8.00. The molecule has 4 amide bonds. The van der Waals surface area contributed by atoms with Crippen LogP contribution < -0.4 is 22.1 Å². The van der Waals surface area contributed by atoms with E-state index in [9.17, 15) is 29.1 Å². The van der Waals surface area contributed by atoms with Crippen molar-refractivity contribution in [2.75, 3.05) is 18.0 Å². The van der Waals surface area contributed by atoms with Gasteiger partial charge < -0.3 is 32.0 Å². The largest absolute Gasteiger partial charge is 0.477 e. The van der Waals surface area contributed by atoms with Gasteiger partial charge in [-0.1, -0.05) is 108 Å². The molecule has 0 saturated carbocycles. The van der Waals surface area contributed by atoms with Gasteiger partial charge in [0.25, 0.3) is 11.8 Å². The van der Waals surface area contributed by atoms with Crippen LogP contribution in [0.4, 0.5) is 5.13 Å². The van der Waals surface area contributed by atoms with E-state index in [0.29, 0.717) is 29.7 Å². The number of carboxylic acid groups (broad SMARTS) is 1. The minimum atomic E-state index is -1.39. The Morgan fingerprint density at radius 3 is 1.95 bits per heavy atom. The maximum atomic E-state index is 14.4. The number of nitrogens with one attached hydrogen (secondary N) is 2. The van der Waals surface area contributed by atoms with Crippen LogP contribution in [0.2, 0.25) is 0 Å². The fourth-order valence-electron chi connectivity index (χ4n) is 7.50. The summed E-state index contributed by atoms with van der Waals surface area (Å²) in [6, 6.07) is 33.3. The van der Waals surface area contributed by atoms with Crippen molar-refractivity contribution in [3.05, 3.63) is 171 Å². The fourth-order valence-corrected chi connectivity index (χ4v) is 9.40. The smallest absolute Gasteiger partial charge is 0.352 e. The molecule has 0 aliphatic carbocycles. The molecule has 2 saturated heterocycles. The number of aliphatic carboxylic acids is 1. The number of amides is 4. The van der Waals surface area contributed by atoms with Crippen LogP contribution in [0, 0.1) is 0 Å². The first-order valence-electron chi connectivity index (χ1n) is 18.4. The molecule has 3 aliphatic heterocycles. The molecule has 7 N–H and O–H groups in total. The number of thiazole rings is 1. The summed E-state index contributed by atoms with van der Waals surface area (Å²) in [5.41, 5.74) is 13.5. The van der Waals surface area contributed by atoms with Crippen LogP contribution in [0.3, 0.4) is 0 Å². The second-order valence-corrected chi connectivity index (χ2v) is 15.7. The second-order valence-electron chi connectivity index (χ2n) is 13.7. The van der Waals surface area contributed by atoms with Crippen molar-refractivity contribution in [2.45, 2.75) is 23.4 Å². The van der Waals surface area contributed by atoms with Crippen LogP contribution >= 0.6 is 23.1 Å². The maximum absolute atomic E-state index is 14.4. The number of nitrogens with two attached hydrogens (primary N) is 2. The Balaban J connectivity index is 1.15. The lowest BCUT2D eigenvalue weighted by molar-refractivity contribution is -0.150. The quantitative estimate of drug-likeness (QED) is 0.0396. The van der Waals surface area contributed by atoms with Crippen LogP contribution in [0.1, 0.15) is 44.7 Å². The first kappa shape index (κ1) is 38.8. The number of benzene rings is 4. The highest BCUT2D eigenvalue weighted by Gasteiger charge is 2.55. The Kier molecular flexibility index (Phi) is 10.6. The van der Waals surface area contributed by atoms with Crippen LogP contribution in [0.5, 0.6) is 0 Å². The van der Waals surface area contributed by atoms with Gasteiger partial charge in [0.15, 0.2) is 10.8 Å². The SMILES string of the molecule is NC(=O)c1ccc(C(=C2CCNC2=O)C2=C(C(=O)O)N3C(=O)[C@@H](NC(=O)C(=NOC(c4ccccc4)(c4ccccc4)c4ccccc4)c4csc(N)n4)[C@H]3SC2)cc1. The Morgan fingerprint density at radius 2 is 1.46 bits per heavy atom. The van der Waals surface area contributed by atoms with Crippen LogP contribution in [0.25, 0.3) is 5.57 Å². The van der Waals surface area contributed by atoms with E-state index in [1.165, 1.54) is 23.9 Å². The molecular formula is C43H35N7O7S2. The van der Waals surface area contributed by atoms with Crippen molar-refractivity contribution in [3.63, 3.8) is 0 Å². The van der Waals surface area contributed by atoms with Gasteiger partial charge in [-0.15, -0.1) is 23.1 Å². The van der Waals surface area contributed by atoms with Gasteiger partial charge >= 0.3 is 5.97 Å². The Bertz CT molecular complexity index is 2480. The van der Waals surface area contributed by atoms with Crippen LogP contribution in [0.15, 0.2) is 143 Å². The van der Waals surface area contributed by atoms with E-state index in [-0.39, 0.29) is 45.0 Å². The summed E-state index contributed by atoms with van der Waals surface area (Å²) in [6.45, 7) is 0.348. The predicted molar refractivity (Wildman–Crippen MR) is 223 cm³/mol. The van der Waals surface area contributed by atoms with Gasteiger partial charge in [-0.05, 0) is 29.7 Å². The summed E-state index contributed by atoms with van der Waals surface area (Å²) in [4.78, 5) is 78.4. The molecule has 0 spiro atoms. The number of anilines is 1. The minimum Gasteiger partial charge on any atom is -0.477 e. The van der Waals surface area contributed by atoms with Gasteiger partial charge in [-0.25, -0.2) is 9.78 Å². The molecule has 59 heavy (non-hydrogen) atoms. The van der Waals surface area contributed by atoms with Gasteiger partial charge in [0, 0.05) is 51.1 Å². The highest BCUT2D eigenvalue weighted by atomic mass is 32.2. The van der Waals surface area contributed by atoms with Crippen molar-refractivity contribution < 1.29 is 33.9 Å². The minimum absolute atomic E-state index is 0.0760. The number of nitrogen functional groups attached to an aromatic ring is 1. The number of nitrogens with zero attached hydrogens (tertiary/aromatic N) is 3. The third kappa shape index (κ3) is 7.12. The number of oxime groups is 1. The molecule has 16 heteroatoms. The number of allylic oxidation sites excluding steroid dienone is 1. The average Bonchev–Trinajstić information content (AvgIpc) is 3.89. The lowest BCUT2D eigenvalue weighted by Gasteiger charge is -2.49. The molecule has 4 aromatic carbocycles. The molecular weight excluding hydrogens is 791 g/mol. The normalized spacial score (nSPS) is 18.7. The highest BCUT2D eigenvalue weighted by Crippen LogP contribution is 2.46. The third-order valence-electron chi connectivity index (χ3n) is 10.2. The molecule has 0 bridgehead atoms. The molecule has 1 aromatic heterocycles. The number of carbonyl (C=O) groups excluding carboxylic acids is 4. The number of carboxylic acids is 1. The lowest BCUT2D eigenvalue weighted by atomic mass is 9.80. The van der Waals surface area contributed by atoms with E-state index in [2.05, 4.69) is 20.8 Å². The van der Waals surface area contributed by atoms with E-state index < -0.39 is 40.7 Å². The van der Waals surface area contributed by atoms with Crippen LogP contribution in [-0.4, -0.2) is 74.0 Å². The first-order chi connectivity index (χ1) is 28.6. The van der Waals surface area contributed by atoms with E-state index in [4.69, 9.17) is 16.3 Å². The summed E-state index contributed by atoms with van der Waals surface area (Å²) < 4.78 is 0. The molecule has 0 radical (unpaired) electrons. The standard InChI is InChI=1S/C43H35N7O7S2/c44-36(51)25-18-16-24(17-19-25)32(29-20-21-46-37(29)52)30-22-58-40-34(39(54)50(40)35(30)41(55)56)48-38(53)33(31-23-59-42(45)47-31)49-57-43(26-10-4-1-5-11-26,27-12-6-2-7-13-27)28-14-8-3-9-15-28/h1-19,23,34,40H,20-22H2,(H2,44,51)(H2,45,47)(H,46,52)(H,48,53)(H,55,56)/t34-,40-/m1/s1. The van der Waals surface area contributed by atoms with Gasteiger partial charge in [-0.2, -0.15) is 0 Å². The summed E-state index contributed by atoms with van der Waals surface area (Å²) in [6.07, 6.45) is 0.314. The summed E-state index contributed by atoms with van der Waals surface area (Å²) in [5, 5.41) is 21.6. The Morgan fingerprint density at radius 1 is 0.881 bits per heavy atom. The number of hydrogen-bond acceptors (Lipinski definition) is 11. The Hall–Kier alpha value is -7.04. The van der Waals surface area contributed by atoms with E-state index >= 15 is 0 Å². The van der Waals surface area contributed by atoms with Crippen molar-refractivity contribution in [2.24, 2.45) is 10.9 Å². The monoisotopic (exact) mass is 825 g/mol. The molecule has 5 aromatic rings. The predicted octanol–water partition coefficient (Wildman–Crippen LogP) is 4.25. The molecule has 0 unspecified atom stereocenters. The number of β-lactam (4-membered cyclic amide) rings is 1. The van der Waals surface area contributed by atoms with Gasteiger partial charge in [0.2, 0.25) is 17.4 Å².